The second-order valence-electron chi connectivity index (χ2n) is 5.85. The number of nitriles is 1. The van der Waals surface area contributed by atoms with Gasteiger partial charge in [-0.15, -0.1) is 0 Å². The molecule has 0 aromatic heterocycles. The van der Waals surface area contributed by atoms with Crippen LogP contribution >= 0.6 is 0 Å². The SMILES string of the molecule is C=CN(C[C@](C)(O)C(=O)Nc1ccc(C#N)c(C(F)(F)F)c1)/N=C\CC(N)=O. The third-order valence-electron chi connectivity index (χ3n) is 3.40. The molecule has 0 heterocycles. The summed E-state index contributed by atoms with van der Waals surface area (Å²) in [5.41, 5.74) is 0.817. The van der Waals surface area contributed by atoms with E-state index in [1.165, 1.54) is 12.3 Å². The standard InChI is InChI=1S/C17H18F3N5O3/c1-3-25(23-7-6-14(22)26)10-16(2,28)15(27)24-12-5-4-11(9-21)13(8-12)17(18,19)20/h3-5,7-8,28H,1,6,10H2,2H3,(H2,22,26)(H,24,27)/b23-7-/t16-/m0/s1. The van der Waals surface area contributed by atoms with Crippen LogP contribution in [-0.2, 0) is 15.8 Å². The van der Waals surface area contributed by atoms with Gasteiger partial charge in [-0.25, -0.2) is 0 Å². The molecule has 1 aromatic carbocycles. The zero-order valence-electron chi connectivity index (χ0n) is 14.8. The number of anilines is 1. The summed E-state index contributed by atoms with van der Waals surface area (Å²) in [6.45, 7) is 4.16. The first-order valence-electron chi connectivity index (χ1n) is 7.76. The van der Waals surface area contributed by atoms with E-state index >= 15 is 0 Å². The summed E-state index contributed by atoms with van der Waals surface area (Å²) in [4.78, 5) is 23.0. The molecule has 0 saturated carbocycles. The first kappa shape index (κ1) is 22.7. The molecule has 8 nitrogen and oxygen atoms in total. The molecule has 4 N–H and O–H groups in total. The number of alkyl halides is 3. The molecule has 1 rings (SSSR count). The maximum Gasteiger partial charge on any atom is 0.417 e. The highest BCUT2D eigenvalue weighted by atomic mass is 19.4. The van der Waals surface area contributed by atoms with E-state index in [0.29, 0.717) is 6.07 Å². The fourth-order valence-electron chi connectivity index (χ4n) is 2.00. The lowest BCUT2D eigenvalue weighted by atomic mass is 10.0. The Hall–Kier alpha value is -3.39. The number of primary amides is 1. The summed E-state index contributed by atoms with van der Waals surface area (Å²) in [5, 5.41) is 26.1. The molecule has 0 aliphatic heterocycles. The van der Waals surface area contributed by atoms with Crippen LogP contribution in [0.5, 0.6) is 0 Å². The van der Waals surface area contributed by atoms with Gasteiger partial charge < -0.3 is 16.2 Å². The zero-order valence-corrected chi connectivity index (χ0v) is 14.8. The lowest BCUT2D eigenvalue weighted by molar-refractivity contribution is -0.138. The number of rotatable bonds is 8. The van der Waals surface area contributed by atoms with Crippen molar-refractivity contribution in [1.29, 1.82) is 5.26 Å². The average Bonchev–Trinajstić information content (AvgIpc) is 2.59. The molecule has 1 aromatic rings. The van der Waals surface area contributed by atoms with Crippen LogP contribution in [0.15, 0.2) is 36.1 Å². The topological polar surface area (TPSA) is 132 Å². The van der Waals surface area contributed by atoms with Gasteiger partial charge in [-0.05, 0) is 25.1 Å². The smallest absolute Gasteiger partial charge is 0.378 e. The van der Waals surface area contributed by atoms with Crippen molar-refractivity contribution in [2.24, 2.45) is 10.8 Å². The molecule has 11 heteroatoms. The van der Waals surface area contributed by atoms with E-state index in [4.69, 9.17) is 11.0 Å². The highest BCUT2D eigenvalue weighted by Crippen LogP contribution is 2.33. The van der Waals surface area contributed by atoms with E-state index in [1.807, 2.05) is 0 Å². The third-order valence-corrected chi connectivity index (χ3v) is 3.40. The van der Waals surface area contributed by atoms with E-state index in [-0.39, 0.29) is 12.1 Å². The maximum absolute atomic E-state index is 13.0. The normalized spacial score (nSPS) is 13.4. The molecule has 0 unspecified atom stereocenters. The first-order chi connectivity index (χ1) is 12.9. The van der Waals surface area contributed by atoms with Gasteiger partial charge in [0.2, 0.25) is 5.91 Å². The van der Waals surface area contributed by atoms with Gasteiger partial charge in [-0.3, -0.25) is 14.6 Å². The van der Waals surface area contributed by atoms with Crippen molar-refractivity contribution in [2.75, 3.05) is 11.9 Å². The minimum Gasteiger partial charge on any atom is -0.378 e. The Bertz CT molecular complexity index is 828. The summed E-state index contributed by atoms with van der Waals surface area (Å²) >= 11 is 0. The van der Waals surface area contributed by atoms with E-state index in [1.54, 1.807) is 0 Å². The molecular weight excluding hydrogens is 379 g/mol. The highest BCUT2D eigenvalue weighted by molar-refractivity contribution is 5.97. The van der Waals surface area contributed by atoms with Crippen LogP contribution in [-0.4, -0.2) is 40.3 Å². The summed E-state index contributed by atoms with van der Waals surface area (Å²) in [6, 6.07) is 4.05. The van der Waals surface area contributed by atoms with Crippen molar-refractivity contribution < 1.29 is 27.9 Å². The largest absolute Gasteiger partial charge is 0.417 e. The van der Waals surface area contributed by atoms with Crippen LogP contribution in [0, 0.1) is 11.3 Å². The van der Waals surface area contributed by atoms with E-state index in [0.717, 1.165) is 30.3 Å². The van der Waals surface area contributed by atoms with Gasteiger partial charge >= 0.3 is 6.18 Å². The van der Waals surface area contributed by atoms with Gasteiger partial charge in [0.05, 0.1) is 30.2 Å². The second-order valence-corrected chi connectivity index (χ2v) is 5.85. The lowest BCUT2D eigenvalue weighted by Gasteiger charge is -2.26. The van der Waals surface area contributed by atoms with Crippen molar-refractivity contribution >= 4 is 23.7 Å². The van der Waals surface area contributed by atoms with Crippen molar-refractivity contribution in [2.45, 2.75) is 25.1 Å². The number of carbonyl (C=O) groups excluding carboxylic acids is 2. The summed E-state index contributed by atoms with van der Waals surface area (Å²) in [5.74, 6) is -1.65. The van der Waals surface area contributed by atoms with E-state index < -0.39 is 41.3 Å². The predicted molar refractivity (Wildman–Crippen MR) is 94.6 cm³/mol. The number of hydrogen-bond acceptors (Lipinski definition) is 6. The van der Waals surface area contributed by atoms with Gasteiger partial charge in [0.15, 0.2) is 5.60 Å². The Morgan fingerprint density at radius 3 is 2.61 bits per heavy atom. The first-order valence-corrected chi connectivity index (χ1v) is 7.76. The number of carbonyl (C=O) groups is 2. The van der Waals surface area contributed by atoms with Gasteiger partial charge in [0, 0.05) is 18.1 Å². The van der Waals surface area contributed by atoms with Crippen LogP contribution < -0.4 is 11.1 Å². The molecule has 0 spiro atoms. The number of halogens is 3. The van der Waals surface area contributed by atoms with Gasteiger partial charge in [0.1, 0.15) is 0 Å². The Kier molecular flexibility index (Phi) is 7.28. The lowest BCUT2D eigenvalue weighted by Crippen LogP contribution is -2.47. The number of nitrogens with one attached hydrogen (secondary N) is 1. The summed E-state index contributed by atoms with van der Waals surface area (Å²) in [7, 11) is 0. The molecule has 0 aliphatic rings. The molecule has 0 fully saturated rings. The van der Waals surface area contributed by atoms with Crippen LogP contribution in [0.25, 0.3) is 0 Å². The zero-order chi connectivity index (χ0) is 21.5. The fourth-order valence-corrected chi connectivity index (χ4v) is 2.00. The number of amides is 2. The molecule has 1 atom stereocenters. The minimum absolute atomic E-state index is 0.176. The number of hydrogen-bond donors (Lipinski definition) is 3. The fraction of sp³-hybridized carbons (Fsp3) is 0.294. The van der Waals surface area contributed by atoms with Crippen LogP contribution in [0.4, 0.5) is 18.9 Å². The van der Waals surface area contributed by atoms with Crippen molar-refractivity contribution in [3.63, 3.8) is 0 Å². The molecule has 28 heavy (non-hydrogen) atoms. The molecule has 0 saturated heterocycles. The maximum atomic E-state index is 13.0. The minimum atomic E-state index is -4.79. The highest BCUT2D eigenvalue weighted by Gasteiger charge is 2.35. The Labute approximate surface area is 158 Å². The second kappa shape index (κ2) is 9.01. The number of benzene rings is 1. The number of hydrazone groups is 1. The van der Waals surface area contributed by atoms with Crippen LogP contribution in [0.2, 0.25) is 0 Å². The average molecular weight is 397 g/mol. The number of aliphatic hydroxyl groups is 1. The quantitative estimate of drug-likeness (QED) is 0.453. The summed E-state index contributed by atoms with van der Waals surface area (Å²) < 4.78 is 39.0. The van der Waals surface area contributed by atoms with Gasteiger partial charge in [-0.2, -0.15) is 23.5 Å². The van der Waals surface area contributed by atoms with Crippen molar-refractivity contribution in [1.82, 2.24) is 5.01 Å². The van der Waals surface area contributed by atoms with Crippen molar-refractivity contribution in [3.05, 3.63) is 42.1 Å². The molecule has 0 aliphatic carbocycles. The van der Waals surface area contributed by atoms with Gasteiger partial charge in [0.25, 0.3) is 5.91 Å². The van der Waals surface area contributed by atoms with E-state index in [2.05, 4.69) is 17.0 Å². The molecule has 0 radical (unpaired) electrons. The third kappa shape index (κ3) is 6.40. The monoisotopic (exact) mass is 397 g/mol. The van der Waals surface area contributed by atoms with E-state index in [9.17, 15) is 27.9 Å². The van der Waals surface area contributed by atoms with Gasteiger partial charge in [-0.1, -0.05) is 6.58 Å². The number of nitrogens with two attached hydrogens (primary N) is 1. The number of nitrogens with zero attached hydrogens (tertiary/aromatic N) is 3. The molecule has 150 valence electrons. The molecule has 2 amide bonds. The predicted octanol–water partition coefficient (Wildman–Crippen LogP) is 1.57. The van der Waals surface area contributed by atoms with Crippen molar-refractivity contribution in [3.8, 4) is 6.07 Å². The molecular formula is C17H18F3N5O3. The summed E-state index contributed by atoms with van der Waals surface area (Å²) in [6.07, 6.45) is -2.65. The molecule has 0 bridgehead atoms. The Morgan fingerprint density at radius 1 is 1.46 bits per heavy atom. The Morgan fingerprint density at radius 2 is 2.11 bits per heavy atom. The van der Waals surface area contributed by atoms with Crippen LogP contribution in [0.1, 0.15) is 24.5 Å². The Balaban J connectivity index is 2.96. The van der Waals surface area contributed by atoms with Crippen LogP contribution in [0.3, 0.4) is 0 Å².